The van der Waals surface area contributed by atoms with Crippen molar-refractivity contribution in [3.05, 3.63) is 70.8 Å². The molecule has 2 aliphatic heterocycles. The molecule has 3 unspecified atom stereocenters. The first-order valence-electron chi connectivity index (χ1n) is 12.3. The highest BCUT2D eigenvalue weighted by Gasteiger charge is 2.66. The molecule has 0 N–H and O–H groups in total. The number of benzene rings is 1. The van der Waals surface area contributed by atoms with Crippen molar-refractivity contribution in [3.63, 3.8) is 0 Å². The van der Waals surface area contributed by atoms with Gasteiger partial charge in [0.15, 0.2) is 0 Å². The van der Waals surface area contributed by atoms with E-state index in [4.69, 9.17) is 17.4 Å². The van der Waals surface area contributed by atoms with Gasteiger partial charge in [-0.3, -0.25) is 0 Å². The van der Waals surface area contributed by atoms with E-state index in [2.05, 4.69) is 56.0 Å². The van der Waals surface area contributed by atoms with E-state index in [1.165, 1.54) is 73.6 Å². The zero-order chi connectivity index (χ0) is 21.3. The summed E-state index contributed by atoms with van der Waals surface area (Å²) in [5, 5.41) is 0. The Balaban J connectivity index is 1.40. The van der Waals surface area contributed by atoms with Crippen molar-refractivity contribution >= 4 is 24.8 Å². The van der Waals surface area contributed by atoms with Crippen molar-refractivity contribution in [2.75, 3.05) is 0 Å². The molecule has 6 rings (SSSR count). The van der Waals surface area contributed by atoms with E-state index in [0.717, 1.165) is 6.42 Å². The van der Waals surface area contributed by atoms with Gasteiger partial charge >= 0.3 is 0 Å². The van der Waals surface area contributed by atoms with E-state index >= 15 is 0 Å². The second kappa shape index (κ2) is 6.99. The summed E-state index contributed by atoms with van der Waals surface area (Å²) in [6.45, 7) is 6.14. The second-order valence-corrected chi connectivity index (χ2v) is 11.3. The van der Waals surface area contributed by atoms with Crippen LogP contribution in [0.25, 0.3) is 12.2 Å². The van der Waals surface area contributed by atoms with Gasteiger partial charge in [0, 0.05) is 10.7 Å². The third-order valence-corrected chi connectivity index (χ3v) is 10.0. The van der Waals surface area contributed by atoms with Crippen molar-refractivity contribution in [2.24, 2.45) is 5.92 Å². The molecule has 5 atom stereocenters. The molecule has 0 radical (unpaired) electrons. The molecule has 0 amide bonds. The molecular formula is C29H34OS. The average Bonchev–Trinajstić information content (AvgIpc) is 3.29. The Morgan fingerprint density at radius 3 is 2.87 bits per heavy atom. The number of fused-ring (bicyclic) bond motifs is 1. The Morgan fingerprint density at radius 1 is 1.13 bits per heavy atom. The molecule has 2 heterocycles. The normalized spacial score (nSPS) is 40.7. The lowest BCUT2D eigenvalue weighted by molar-refractivity contribution is -0.116. The molecule has 1 aromatic carbocycles. The number of ether oxygens (including phenoxy) is 1. The Labute approximate surface area is 192 Å². The molecule has 1 aromatic rings. The van der Waals surface area contributed by atoms with Crippen LogP contribution in [0.2, 0.25) is 0 Å². The molecule has 0 aromatic heterocycles. The summed E-state index contributed by atoms with van der Waals surface area (Å²) >= 11 is 5.52. The van der Waals surface area contributed by atoms with Crippen LogP contribution in [0.1, 0.15) is 87.3 Å². The Morgan fingerprint density at radius 2 is 2.03 bits per heavy atom. The molecular weight excluding hydrogens is 396 g/mol. The van der Waals surface area contributed by atoms with E-state index < -0.39 is 0 Å². The average molecular weight is 431 g/mol. The maximum absolute atomic E-state index is 7.23. The molecule has 3 aliphatic carbocycles. The fourth-order valence-electron chi connectivity index (χ4n) is 7.79. The molecule has 3 fully saturated rings. The van der Waals surface area contributed by atoms with Crippen molar-refractivity contribution < 1.29 is 4.74 Å². The SMILES string of the molecule is C=Cc1cc(C2CCC3C2(S)CC=C2C=C4CCCC[C@]45CC[C@@]23O5)ccc1/C=C\C. The van der Waals surface area contributed by atoms with Gasteiger partial charge in [-0.1, -0.05) is 55.2 Å². The molecule has 2 spiro atoms. The molecule has 2 bridgehead atoms. The highest BCUT2D eigenvalue weighted by Crippen LogP contribution is 2.67. The van der Waals surface area contributed by atoms with Crippen LogP contribution in [0.5, 0.6) is 0 Å². The number of thiol groups is 1. The first-order valence-corrected chi connectivity index (χ1v) is 12.7. The Kier molecular flexibility index (Phi) is 4.54. The summed E-state index contributed by atoms with van der Waals surface area (Å²) < 4.78 is 7.20. The zero-order valence-corrected chi connectivity index (χ0v) is 19.6. The maximum Gasteiger partial charge on any atom is 0.0982 e. The summed E-state index contributed by atoms with van der Waals surface area (Å²) in [5.41, 5.74) is 6.93. The van der Waals surface area contributed by atoms with Crippen LogP contribution in [0, 0.1) is 5.92 Å². The van der Waals surface area contributed by atoms with Crippen LogP contribution in [0.4, 0.5) is 0 Å². The molecule has 162 valence electrons. The van der Waals surface area contributed by atoms with Crippen LogP contribution in [0.15, 0.2) is 54.2 Å². The van der Waals surface area contributed by atoms with Gasteiger partial charge in [-0.05, 0) is 98.5 Å². The summed E-state index contributed by atoms with van der Waals surface area (Å²) in [7, 11) is 0. The summed E-state index contributed by atoms with van der Waals surface area (Å²) in [6.07, 6.45) is 22.3. The monoisotopic (exact) mass is 430 g/mol. The van der Waals surface area contributed by atoms with Crippen molar-refractivity contribution in [3.8, 4) is 0 Å². The minimum atomic E-state index is -0.0955. The molecule has 1 saturated heterocycles. The predicted molar refractivity (Wildman–Crippen MR) is 133 cm³/mol. The second-order valence-electron chi connectivity index (χ2n) is 10.5. The van der Waals surface area contributed by atoms with Crippen LogP contribution < -0.4 is 0 Å². The third kappa shape index (κ3) is 2.67. The molecule has 2 saturated carbocycles. The lowest BCUT2D eigenvalue weighted by Gasteiger charge is -2.53. The fourth-order valence-corrected chi connectivity index (χ4v) is 8.50. The van der Waals surface area contributed by atoms with Gasteiger partial charge in [0.1, 0.15) is 0 Å². The lowest BCUT2D eigenvalue weighted by Crippen LogP contribution is -2.55. The number of rotatable bonds is 3. The van der Waals surface area contributed by atoms with Crippen LogP contribution in [-0.2, 0) is 4.74 Å². The summed E-state index contributed by atoms with van der Waals surface area (Å²) in [6, 6.07) is 6.96. The van der Waals surface area contributed by atoms with E-state index in [-0.39, 0.29) is 15.9 Å². The van der Waals surface area contributed by atoms with Gasteiger partial charge < -0.3 is 4.74 Å². The van der Waals surface area contributed by atoms with Crippen LogP contribution in [0.3, 0.4) is 0 Å². The molecule has 1 nitrogen and oxygen atoms in total. The Hall–Kier alpha value is -1.51. The van der Waals surface area contributed by atoms with Crippen molar-refractivity contribution in [1.29, 1.82) is 0 Å². The lowest BCUT2D eigenvalue weighted by atomic mass is 9.65. The van der Waals surface area contributed by atoms with Crippen molar-refractivity contribution in [1.82, 2.24) is 0 Å². The van der Waals surface area contributed by atoms with Gasteiger partial charge in [-0.15, -0.1) is 0 Å². The summed E-state index contributed by atoms with van der Waals surface area (Å²) in [4.78, 5) is 0. The van der Waals surface area contributed by atoms with Gasteiger partial charge in [0.2, 0.25) is 0 Å². The smallest absolute Gasteiger partial charge is 0.0982 e. The third-order valence-electron chi connectivity index (χ3n) is 9.20. The zero-order valence-electron chi connectivity index (χ0n) is 18.7. The first kappa shape index (κ1) is 20.1. The van der Waals surface area contributed by atoms with Crippen molar-refractivity contribution in [2.45, 2.75) is 86.6 Å². The number of allylic oxidation sites excluding steroid dienone is 2. The van der Waals surface area contributed by atoms with Gasteiger partial charge in [0.25, 0.3) is 0 Å². The standard InChI is InChI=1S/C29H34OS/c1-3-7-21-9-10-22(18-20(21)4-2)25-11-12-26-28-17-16-27(30-28)14-6-5-8-23(27)19-24(28)13-15-29(25,26)31/h3-4,7,9-10,13,18-19,25-26,31H,2,5-6,8,11-12,14-17H2,1H3/b7-3-/t25?,26?,27-,28+,29?/m0/s1. The largest absolute Gasteiger partial charge is 0.359 e. The fraction of sp³-hybridized carbons (Fsp3) is 0.517. The minimum Gasteiger partial charge on any atom is -0.359 e. The van der Waals surface area contributed by atoms with E-state index in [0.29, 0.717) is 11.8 Å². The van der Waals surface area contributed by atoms with Gasteiger partial charge in [0.05, 0.1) is 11.2 Å². The van der Waals surface area contributed by atoms with Crippen LogP contribution >= 0.6 is 12.6 Å². The number of hydrogen-bond donors (Lipinski definition) is 1. The quantitative estimate of drug-likeness (QED) is 0.484. The first-order chi connectivity index (χ1) is 15.0. The molecule has 5 aliphatic rings. The highest BCUT2D eigenvalue weighted by molar-refractivity contribution is 7.82. The highest BCUT2D eigenvalue weighted by atomic mass is 32.1. The van der Waals surface area contributed by atoms with Crippen LogP contribution in [-0.4, -0.2) is 15.9 Å². The van der Waals surface area contributed by atoms with Gasteiger partial charge in [-0.25, -0.2) is 0 Å². The van der Waals surface area contributed by atoms with E-state index in [1.54, 1.807) is 5.57 Å². The summed E-state index contributed by atoms with van der Waals surface area (Å²) in [5.74, 6) is 0.957. The molecule has 31 heavy (non-hydrogen) atoms. The topological polar surface area (TPSA) is 9.23 Å². The van der Waals surface area contributed by atoms with E-state index in [1.807, 2.05) is 6.08 Å². The predicted octanol–water partition coefficient (Wildman–Crippen LogP) is 7.66. The number of hydrogen-bond acceptors (Lipinski definition) is 2. The minimum absolute atomic E-state index is 0.0322. The molecule has 2 heteroatoms. The maximum atomic E-state index is 7.23. The van der Waals surface area contributed by atoms with E-state index in [9.17, 15) is 0 Å². The van der Waals surface area contributed by atoms with Gasteiger partial charge in [-0.2, -0.15) is 12.6 Å². The Bertz CT molecular complexity index is 1030.